The van der Waals surface area contributed by atoms with Crippen molar-refractivity contribution in [2.45, 2.75) is 31.2 Å². The molecule has 0 aliphatic heterocycles. The maximum Gasteiger partial charge on any atom is 0.0415 e. The summed E-state index contributed by atoms with van der Waals surface area (Å²) in [5, 5.41) is 3.55. The zero-order chi connectivity index (χ0) is 13.3. The van der Waals surface area contributed by atoms with Gasteiger partial charge in [-0.15, -0.1) is 0 Å². The van der Waals surface area contributed by atoms with E-state index in [1.165, 1.54) is 29.5 Å². The van der Waals surface area contributed by atoms with E-state index in [2.05, 4.69) is 73.9 Å². The molecule has 3 rings (SSSR count). The van der Waals surface area contributed by atoms with E-state index in [1.807, 2.05) is 0 Å². The van der Waals surface area contributed by atoms with Gasteiger partial charge in [0, 0.05) is 11.5 Å². The van der Waals surface area contributed by atoms with Crippen LogP contribution in [0.4, 0.5) is 0 Å². The first kappa shape index (κ1) is 12.4. The first-order valence-corrected chi connectivity index (χ1v) is 7.06. The summed E-state index contributed by atoms with van der Waals surface area (Å²) in [4.78, 5) is 0. The number of hydrogen-bond donors (Lipinski definition) is 1. The summed E-state index contributed by atoms with van der Waals surface area (Å²) < 4.78 is 0. The maximum atomic E-state index is 3.55. The van der Waals surface area contributed by atoms with Gasteiger partial charge in [-0.3, -0.25) is 0 Å². The van der Waals surface area contributed by atoms with Crippen LogP contribution < -0.4 is 5.32 Å². The molecule has 1 unspecified atom stereocenters. The Balaban J connectivity index is 1.99. The lowest BCUT2D eigenvalue weighted by Crippen LogP contribution is -2.29. The molecular formula is C18H21N. The fourth-order valence-corrected chi connectivity index (χ4v) is 3.26. The van der Waals surface area contributed by atoms with Gasteiger partial charge in [0.25, 0.3) is 0 Å². The van der Waals surface area contributed by atoms with Crippen LogP contribution in [0.2, 0.25) is 0 Å². The molecule has 0 radical (unpaired) electrons. The van der Waals surface area contributed by atoms with Crippen LogP contribution in [0.5, 0.6) is 0 Å². The molecule has 0 heterocycles. The Morgan fingerprint density at radius 1 is 1.00 bits per heavy atom. The Labute approximate surface area is 115 Å². The van der Waals surface area contributed by atoms with E-state index in [9.17, 15) is 0 Å². The van der Waals surface area contributed by atoms with Gasteiger partial charge in [-0.25, -0.2) is 0 Å². The van der Waals surface area contributed by atoms with Gasteiger partial charge in [-0.1, -0.05) is 60.2 Å². The van der Waals surface area contributed by atoms with Crippen LogP contribution in [0, 0.1) is 6.92 Å². The van der Waals surface area contributed by atoms with Gasteiger partial charge >= 0.3 is 0 Å². The molecule has 0 saturated heterocycles. The molecule has 0 aromatic heterocycles. The third-order valence-corrected chi connectivity index (χ3v) is 4.35. The van der Waals surface area contributed by atoms with Crippen molar-refractivity contribution in [3.05, 3.63) is 71.3 Å². The molecule has 0 bridgehead atoms. The number of rotatable bonds is 4. The number of benzene rings is 2. The van der Waals surface area contributed by atoms with Crippen LogP contribution in [0.1, 0.15) is 35.6 Å². The first-order valence-electron chi connectivity index (χ1n) is 7.06. The van der Waals surface area contributed by atoms with E-state index in [0.717, 1.165) is 0 Å². The molecule has 1 atom stereocenters. The molecule has 98 valence electrons. The Morgan fingerprint density at radius 2 is 1.74 bits per heavy atom. The Morgan fingerprint density at radius 3 is 2.32 bits per heavy atom. The Hall–Kier alpha value is -1.60. The minimum absolute atomic E-state index is 0.295. The lowest BCUT2D eigenvalue weighted by molar-refractivity contribution is 0.463. The monoisotopic (exact) mass is 251 g/mol. The highest BCUT2D eigenvalue weighted by molar-refractivity contribution is 5.39. The number of nitrogens with one attached hydrogen (secondary N) is 1. The standard InChI is InChI=1S/C18H21N/c1-14-7-6-8-15(13-14)17(19-2)18(11-12-18)16-9-4-3-5-10-16/h3-10,13,17,19H,11-12H2,1-2H3. The number of likely N-dealkylation sites (N-methyl/N-ethyl adjacent to an activating group) is 1. The zero-order valence-corrected chi connectivity index (χ0v) is 11.7. The predicted octanol–water partition coefficient (Wildman–Crippen LogP) is 3.99. The fourth-order valence-electron chi connectivity index (χ4n) is 3.26. The maximum absolute atomic E-state index is 3.55. The molecule has 0 amide bonds. The number of aryl methyl sites for hydroxylation is 1. The highest BCUT2D eigenvalue weighted by atomic mass is 14.9. The van der Waals surface area contributed by atoms with Crippen molar-refractivity contribution in [1.29, 1.82) is 0 Å². The molecule has 1 aliphatic rings. The highest BCUT2D eigenvalue weighted by Crippen LogP contribution is 2.56. The topological polar surface area (TPSA) is 12.0 Å². The van der Waals surface area contributed by atoms with E-state index >= 15 is 0 Å². The average molecular weight is 251 g/mol. The van der Waals surface area contributed by atoms with Crippen molar-refractivity contribution < 1.29 is 0 Å². The second kappa shape index (κ2) is 4.82. The predicted molar refractivity (Wildman–Crippen MR) is 80.3 cm³/mol. The summed E-state index contributed by atoms with van der Waals surface area (Å²) in [6.07, 6.45) is 2.55. The Kier molecular flexibility index (Phi) is 3.16. The normalized spacial score (nSPS) is 18.0. The zero-order valence-electron chi connectivity index (χ0n) is 11.7. The third kappa shape index (κ3) is 2.19. The largest absolute Gasteiger partial charge is 0.312 e. The van der Waals surface area contributed by atoms with E-state index in [4.69, 9.17) is 0 Å². The average Bonchev–Trinajstić information content (AvgIpc) is 3.22. The summed E-state index contributed by atoms with van der Waals surface area (Å²) in [7, 11) is 2.08. The van der Waals surface area contributed by atoms with Gasteiger partial charge in [-0.2, -0.15) is 0 Å². The SMILES string of the molecule is CNC(c1cccc(C)c1)C1(c2ccccc2)CC1. The minimum Gasteiger partial charge on any atom is -0.312 e. The van der Waals surface area contributed by atoms with Gasteiger partial charge in [0.2, 0.25) is 0 Å². The van der Waals surface area contributed by atoms with Crippen LogP contribution in [-0.2, 0) is 5.41 Å². The lowest BCUT2D eigenvalue weighted by Gasteiger charge is -2.28. The van der Waals surface area contributed by atoms with Gasteiger partial charge in [0.05, 0.1) is 0 Å². The van der Waals surface area contributed by atoms with Gasteiger partial charge in [0.1, 0.15) is 0 Å². The van der Waals surface area contributed by atoms with E-state index < -0.39 is 0 Å². The Bertz CT molecular complexity index is 555. The van der Waals surface area contributed by atoms with Crippen LogP contribution in [0.15, 0.2) is 54.6 Å². The van der Waals surface area contributed by atoms with Crippen molar-refractivity contribution >= 4 is 0 Å². The number of hydrogen-bond acceptors (Lipinski definition) is 1. The van der Waals surface area contributed by atoms with Crippen LogP contribution in [0.25, 0.3) is 0 Å². The summed E-state index contributed by atoms with van der Waals surface area (Å²) >= 11 is 0. The quantitative estimate of drug-likeness (QED) is 0.866. The summed E-state index contributed by atoms with van der Waals surface area (Å²) in [5.74, 6) is 0. The van der Waals surface area contributed by atoms with E-state index in [0.29, 0.717) is 11.5 Å². The lowest BCUT2D eigenvalue weighted by atomic mass is 9.83. The molecule has 1 N–H and O–H groups in total. The molecule has 19 heavy (non-hydrogen) atoms. The van der Waals surface area contributed by atoms with Crippen molar-refractivity contribution in [2.24, 2.45) is 0 Å². The molecule has 1 nitrogen and oxygen atoms in total. The summed E-state index contributed by atoms with van der Waals surface area (Å²) in [6, 6.07) is 20.2. The van der Waals surface area contributed by atoms with E-state index in [1.54, 1.807) is 0 Å². The smallest absolute Gasteiger partial charge is 0.0415 e. The molecule has 2 aromatic carbocycles. The second-order valence-electron chi connectivity index (χ2n) is 5.66. The van der Waals surface area contributed by atoms with Crippen molar-refractivity contribution in [1.82, 2.24) is 5.32 Å². The van der Waals surface area contributed by atoms with Gasteiger partial charge < -0.3 is 5.32 Å². The molecular weight excluding hydrogens is 230 g/mol. The minimum atomic E-state index is 0.295. The summed E-state index contributed by atoms with van der Waals surface area (Å²) in [5.41, 5.74) is 4.50. The fraction of sp³-hybridized carbons (Fsp3) is 0.333. The molecule has 2 aromatic rings. The summed E-state index contributed by atoms with van der Waals surface area (Å²) in [6.45, 7) is 2.16. The van der Waals surface area contributed by atoms with Crippen LogP contribution in [0.3, 0.4) is 0 Å². The highest BCUT2D eigenvalue weighted by Gasteiger charge is 2.50. The van der Waals surface area contributed by atoms with E-state index in [-0.39, 0.29) is 0 Å². The van der Waals surface area contributed by atoms with Crippen molar-refractivity contribution in [2.75, 3.05) is 7.05 Å². The second-order valence-corrected chi connectivity index (χ2v) is 5.66. The molecule has 1 aliphatic carbocycles. The van der Waals surface area contributed by atoms with Gasteiger partial charge in [0.15, 0.2) is 0 Å². The molecule has 0 spiro atoms. The molecule has 1 saturated carbocycles. The molecule has 1 heteroatoms. The third-order valence-electron chi connectivity index (χ3n) is 4.35. The van der Waals surface area contributed by atoms with Crippen molar-refractivity contribution in [3.63, 3.8) is 0 Å². The first-order chi connectivity index (χ1) is 9.26. The molecule has 1 fully saturated rings. The van der Waals surface area contributed by atoms with Gasteiger partial charge in [-0.05, 0) is 37.9 Å². The van der Waals surface area contributed by atoms with Crippen molar-refractivity contribution in [3.8, 4) is 0 Å². The van der Waals surface area contributed by atoms with Crippen LogP contribution >= 0.6 is 0 Å². The van der Waals surface area contributed by atoms with Crippen LogP contribution in [-0.4, -0.2) is 7.05 Å².